The van der Waals surface area contributed by atoms with Crippen LogP contribution in [-0.4, -0.2) is 95.2 Å². The lowest BCUT2D eigenvalue weighted by Gasteiger charge is -2.32. The van der Waals surface area contributed by atoms with Crippen molar-refractivity contribution in [3.8, 4) is 34.6 Å². The van der Waals surface area contributed by atoms with Gasteiger partial charge in [0.1, 0.15) is 23.6 Å². The van der Waals surface area contributed by atoms with Gasteiger partial charge in [-0.2, -0.15) is 29.9 Å². The van der Waals surface area contributed by atoms with Gasteiger partial charge in [0, 0.05) is 43.2 Å². The van der Waals surface area contributed by atoms with Crippen molar-refractivity contribution in [1.82, 2.24) is 50.5 Å². The number of benzene rings is 2. The zero-order valence-corrected chi connectivity index (χ0v) is 39.1. The van der Waals surface area contributed by atoms with Gasteiger partial charge in [-0.05, 0) is 142 Å². The average molecular weight is 956 g/mol. The summed E-state index contributed by atoms with van der Waals surface area (Å²) < 4.78 is 23.6. The molecule has 3 aliphatic rings. The molecule has 0 spiro atoms. The smallest absolute Gasteiger partial charge is 0.439 e. The van der Waals surface area contributed by atoms with E-state index in [1.807, 2.05) is 102 Å². The van der Waals surface area contributed by atoms with Crippen molar-refractivity contribution < 1.29 is 28.4 Å². The number of pyridine rings is 2. The van der Waals surface area contributed by atoms with Crippen LogP contribution in [0.25, 0.3) is 11.4 Å². The molecule has 0 unspecified atom stereocenters. The molecule has 2 atom stereocenters. The summed E-state index contributed by atoms with van der Waals surface area (Å²) in [5.41, 5.74) is 3.22. The monoisotopic (exact) mass is 954 g/mol. The minimum atomic E-state index is -0.371. The summed E-state index contributed by atoms with van der Waals surface area (Å²) in [5, 5.41) is 11.3. The van der Waals surface area contributed by atoms with Gasteiger partial charge in [-0.25, -0.2) is 9.97 Å². The number of amides is 2. The van der Waals surface area contributed by atoms with E-state index in [-0.39, 0.29) is 70.0 Å². The maximum Gasteiger partial charge on any atom is 0.494 e. The molecular weight excluding hydrogens is 910 g/mol. The van der Waals surface area contributed by atoms with Gasteiger partial charge in [0.15, 0.2) is 5.82 Å². The fourth-order valence-corrected chi connectivity index (χ4v) is 6.85. The minimum absolute atomic E-state index is 0.00379. The van der Waals surface area contributed by atoms with Crippen LogP contribution in [0.3, 0.4) is 0 Å². The molecule has 3 saturated heterocycles. The number of aryl methyl sites for hydroxylation is 2. The molecule has 3 aliphatic heterocycles. The van der Waals surface area contributed by atoms with E-state index in [0.29, 0.717) is 49.3 Å². The summed E-state index contributed by atoms with van der Waals surface area (Å²) in [5.74, 6) is 3.20. The third kappa shape index (κ3) is 12.8. The highest BCUT2D eigenvalue weighted by molar-refractivity contribution is 6.62. The molecule has 4 N–H and O–H groups in total. The van der Waals surface area contributed by atoms with Crippen LogP contribution in [0.2, 0.25) is 15.9 Å². The second-order valence-corrected chi connectivity index (χ2v) is 17.2. The Kier molecular flexibility index (Phi) is 15.1. The molecule has 6 aromatic rings. The lowest BCUT2D eigenvalue weighted by Crippen LogP contribution is -2.41. The fourth-order valence-electron chi connectivity index (χ4n) is 6.32. The largest absolute Gasteiger partial charge is 0.494 e. The van der Waals surface area contributed by atoms with Crippen molar-refractivity contribution in [3.63, 3.8) is 0 Å². The van der Waals surface area contributed by atoms with E-state index in [9.17, 15) is 9.59 Å². The Bertz CT molecular complexity index is 2600. The van der Waals surface area contributed by atoms with Crippen molar-refractivity contribution in [2.75, 3.05) is 23.7 Å². The van der Waals surface area contributed by atoms with Crippen molar-refractivity contribution in [2.45, 2.75) is 77.7 Å². The minimum Gasteiger partial charge on any atom is -0.439 e. The van der Waals surface area contributed by atoms with E-state index in [2.05, 4.69) is 61.1 Å². The second-order valence-electron chi connectivity index (χ2n) is 16.2. The Hall–Kier alpha value is -6.25. The highest BCUT2D eigenvalue weighted by Gasteiger charge is 2.51. The number of nitrogens with one attached hydrogen (secondary N) is 4. The number of hydrogen-bond acceptors (Lipinski definition) is 16. The highest BCUT2D eigenvalue weighted by Crippen LogP contribution is 2.36. The van der Waals surface area contributed by atoms with Crippen molar-refractivity contribution in [2.24, 2.45) is 0 Å². The molecule has 4 aromatic heterocycles. The first-order chi connectivity index (χ1) is 31.5. The quantitative estimate of drug-likeness (QED) is 0.102. The van der Waals surface area contributed by atoms with Crippen molar-refractivity contribution in [1.29, 1.82) is 0 Å². The van der Waals surface area contributed by atoms with Crippen LogP contribution >= 0.6 is 34.8 Å². The third-order valence-corrected chi connectivity index (χ3v) is 11.1. The third-order valence-electron chi connectivity index (χ3n) is 10.6. The van der Waals surface area contributed by atoms with Crippen molar-refractivity contribution >= 4 is 71.1 Å². The molecule has 0 aliphatic carbocycles. The zero-order valence-electron chi connectivity index (χ0n) is 36.8. The summed E-state index contributed by atoms with van der Waals surface area (Å²) >= 11 is 17.2. The Morgan fingerprint density at radius 3 is 1.47 bits per heavy atom. The normalized spacial score (nSPS) is 17.9. The number of aromatic nitrogens is 8. The lowest BCUT2D eigenvalue weighted by molar-refractivity contribution is -0.120. The summed E-state index contributed by atoms with van der Waals surface area (Å²) in [4.78, 5) is 55.2. The van der Waals surface area contributed by atoms with E-state index in [4.69, 9.17) is 53.6 Å². The number of halogens is 3. The summed E-state index contributed by atoms with van der Waals surface area (Å²) in [6.07, 6.45) is 4.88. The number of carbonyl (C=O) groups excluding carboxylic acids is 2. The van der Waals surface area contributed by atoms with E-state index >= 15 is 0 Å². The molecule has 22 heteroatoms. The van der Waals surface area contributed by atoms with Gasteiger partial charge in [-0.1, -0.05) is 24.3 Å². The average Bonchev–Trinajstić information content (AvgIpc) is 3.94. The maximum atomic E-state index is 11.7. The zero-order chi connectivity index (χ0) is 47.0. The van der Waals surface area contributed by atoms with Gasteiger partial charge >= 0.3 is 7.12 Å². The molecule has 0 bridgehead atoms. The maximum absolute atomic E-state index is 11.7. The van der Waals surface area contributed by atoms with E-state index in [1.54, 1.807) is 24.5 Å². The van der Waals surface area contributed by atoms with E-state index in [0.717, 1.165) is 27.9 Å². The molecule has 3 fully saturated rings. The second kappa shape index (κ2) is 20.9. The highest BCUT2D eigenvalue weighted by atomic mass is 35.5. The summed E-state index contributed by atoms with van der Waals surface area (Å²) in [7, 11) is -0.355. The topological polar surface area (TPSA) is 222 Å². The van der Waals surface area contributed by atoms with E-state index < -0.39 is 0 Å². The first-order valence-electron chi connectivity index (χ1n) is 20.8. The molecule has 66 heavy (non-hydrogen) atoms. The first-order valence-corrected chi connectivity index (χ1v) is 22.0. The molecule has 0 saturated carbocycles. The molecule has 2 amide bonds. The molecule has 342 valence electrons. The van der Waals surface area contributed by atoms with Gasteiger partial charge in [0.2, 0.25) is 51.3 Å². The fraction of sp³-hybridized carbons (Fsp3) is 0.318. The predicted molar refractivity (Wildman–Crippen MR) is 250 cm³/mol. The van der Waals surface area contributed by atoms with Crippen LogP contribution < -0.4 is 36.2 Å². The molecule has 18 nitrogen and oxygen atoms in total. The Morgan fingerprint density at radius 2 is 1.05 bits per heavy atom. The molecule has 2 aromatic carbocycles. The van der Waals surface area contributed by atoms with Gasteiger partial charge in [-0.15, -0.1) is 0 Å². The van der Waals surface area contributed by atoms with E-state index in [1.165, 1.54) is 0 Å². The lowest BCUT2D eigenvalue weighted by atomic mass is 9.79. The molecule has 0 radical (unpaired) electrons. The Balaban J connectivity index is 0.000000154. The first kappa shape index (κ1) is 47.7. The predicted octanol–water partition coefficient (Wildman–Crippen LogP) is 6.95. The number of nitrogens with zero attached hydrogens (tertiary/aromatic N) is 8. The molecular formula is C44H46BCl3N12O6. The number of rotatable bonds is 10. The molecule has 7 heterocycles. The Labute approximate surface area is 396 Å². The summed E-state index contributed by atoms with van der Waals surface area (Å²) in [6.45, 7) is 13.4. The van der Waals surface area contributed by atoms with Crippen LogP contribution in [0.1, 0.15) is 51.7 Å². The van der Waals surface area contributed by atoms with Crippen LogP contribution in [0.15, 0.2) is 85.2 Å². The number of carbonyl (C=O) groups is 2. The van der Waals surface area contributed by atoms with Crippen LogP contribution in [0, 0.1) is 13.8 Å². The number of hydrogen-bond donors (Lipinski definition) is 4. The van der Waals surface area contributed by atoms with Gasteiger partial charge < -0.3 is 40.0 Å². The standard InChI is InChI=1S/C19H17ClN6O2.C18H22BNO3.C7H7Cl2N5O/c1-11-2-7-15(22-10-11)28-13-5-3-12(4-6-13)16-24-18(20)26-19(25-16)23-14-8-9-21-17(14)27;1-13-6-11-16(20-12-13)21-15-9-7-14(8-10-15)19-22-17(2,3)18(4,5)23-19;8-5-12-6(9)14-7(13-5)11-3-1-2-10-4(3)15/h2-7,10,14H,8-9H2,1H3,(H,21,27)(H,23,24,25,26);6-12H,1-5H3;3H,1-2H2,(H,10,15)(H,11,12,13,14)/t14-;;3-/m0.0/s1. The molecule has 9 rings (SSSR count). The SMILES string of the molecule is Cc1ccc(Oc2ccc(-c3nc(Cl)nc(N[C@H]4CCNC4=O)n3)cc2)nc1.Cc1ccc(Oc2ccc(B3OC(C)(C)C(C)(C)O3)cc2)nc1.O=C1NCC[C@@H]1Nc1nc(Cl)nc(Cl)n1. The van der Waals surface area contributed by atoms with Crippen LogP contribution in [0.4, 0.5) is 11.9 Å². The van der Waals surface area contributed by atoms with Crippen LogP contribution in [0.5, 0.6) is 23.3 Å². The number of anilines is 2. The number of ether oxygens (including phenoxy) is 2. The van der Waals surface area contributed by atoms with Gasteiger partial charge in [0.25, 0.3) is 0 Å². The van der Waals surface area contributed by atoms with Gasteiger partial charge in [-0.3, -0.25) is 9.59 Å². The Morgan fingerprint density at radius 1 is 0.606 bits per heavy atom. The van der Waals surface area contributed by atoms with Gasteiger partial charge in [0.05, 0.1) is 11.2 Å². The summed E-state index contributed by atoms with van der Waals surface area (Å²) in [6, 6.07) is 21.8. The van der Waals surface area contributed by atoms with Crippen molar-refractivity contribution in [3.05, 3.63) is 112 Å². The van der Waals surface area contributed by atoms with Crippen LogP contribution in [-0.2, 0) is 18.9 Å².